The average Bonchev–Trinajstić information content (AvgIpc) is 2.82. The lowest BCUT2D eigenvalue weighted by Gasteiger charge is -2.18. The van der Waals surface area contributed by atoms with E-state index in [4.69, 9.17) is 5.73 Å². The van der Waals surface area contributed by atoms with E-state index in [1.54, 1.807) is 0 Å². The summed E-state index contributed by atoms with van der Waals surface area (Å²) in [6.07, 6.45) is 3.14. The van der Waals surface area contributed by atoms with Gasteiger partial charge in [0.05, 0.1) is 0 Å². The standard InChI is InChI=1S/C14H19BrN2O/c1-9-5-6-11(15)7-13(9)17-14(18)12-4-2-3-10(12)8-16/h5-7,10,12H,2-4,8,16H2,1H3,(H,17,18)/t10-,12-/m1/s1. The summed E-state index contributed by atoms with van der Waals surface area (Å²) >= 11 is 3.42. The zero-order valence-electron chi connectivity index (χ0n) is 10.6. The lowest BCUT2D eigenvalue weighted by molar-refractivity contribution is -0.120. The molecule has 0 aliphatic heterocycles. The Morgan fingerprint density at radius 2 is 2.28 bits per heavy atom. The molecule has 1 aliphatic carbocycles. The molecular weight excluding hydrogens is 292 g/mol. The molecule has 0 aromatic heterocycles. The number of rotatable bonds is 3. The van der Waals surface area contributed by atoms with Crippen molar-refractivity contribution in [2.24, 2.45) is 17.6 Å². The molecule has 98 valence electrons. The number of aryl methyl sites for hydroxylation is 1. The summed E-state index contributed by atoms with van der Waals surface area (Å²) < 4.78 is 0.977. The number of nitrogens with two attached hydrogens (primary N) is 1. The summed E-state index contributed by atoms with van der Waals surface area (Å²) in [5.41, 5.74) is 7.69. The number of carbonyl (C=O) groups is 1. The van der Waals surface area contributed by atoms with Gasteiger partial charge in [0.1, 0.15) is 0 Å². The van der Waals surface area contributed by atoms with Crippen LogP contribution in [0, 0.1) is 18.8 Å². The van der Waals surface area contributed by atoms with Crippen LogP contribution >= 0.6 is 15.9 Å². The minimum Gasteiger partial charge on any atom is -0.330 e. The van der Waals surface area contributed by atoms with Gasteiger partial charge in [0, 0.05) is 16.1 Å². The molecule has 2 rings (SSSR count). The molecule has 0 radical (unpaired) electrons. The van der Waals surface area contributed by atoms with Crippen molar-refractivity contribution in [3.63, 3.8) is 0 Å². The van der Waals surface area contributed by atoms with Crippen LogP contribution in [0.25, 0.3) is 0 Å². The molecule has 1 aliphatic rings. The number of hydrogen-bond acceptors (Lipinski definition) is 2. The van der Waals surface area contributed by atoms with Crippen molar-refractivity contribution in [3.8, 4) is 0 Å². The molecule has 1 aromatic rings. The molecule has 18 heavy (non-hydrogen) atoms. The predicted octanol–water partition coefficient (Wildman–Crippen LogP) is 3.07. The van der Waals surface area contributed by atoms with E-state index in [1.807, 2.05) is 25.1 Å². The molecule has 4 heteroatoms. The fraction of sp³-hybridized carbons (Fsp3) is 0.500. The number of hydrogen-bond donors (Lipinski definition) is 2. The maximum atomic E-state index is 12.3. The number of nitrogens with one attached hydrogen (secondary N) is 1. The fourth-order valence-corrected chi connectivity index (χ4v) is 2.98. The van der Waals surface area contributed by atoms with E-state index in [2.05, 4.69) is 21.2 Å². The van der Waals surface area contributed by atoms with Gasteiger partial charge in [-0.15, -0.1) is 0 Å². The summed E-state index contributed by atoms with van der Waals surface area (Å²) in [5, 5.41) is 3.03. The molecule has 2 atom stereocenters. The van der Waals surface area contributed by atoms with Crippen LogP contribution < -0.4 is 11.1 Å². The third-order valence-corrected chi connectivity index (χ3v) is 4.25. The van der Waals surface area contributed by atoms with Crippen molar-refractivity contribution in [1.82, 2.24) is 0 Å². The Kier molecular flexibility index (Phi) is 4.40. The highest BCUT2D eigenvalue weighted by atomic mass is 79.9. The number of carbonyl (C=O) groups excluding carboxylic acids is 1. The van der Waals surface area contributed by atoms with Gasteiger partial charge in [0.15, 0.2) is 0 Å². The third-order valence-electron chi connectivity index (χ3n) is 3.76. The molecule has 1 amide bonds. The topological polar surface area (TPSA) is 55.1 Å². The second kappa shape index (κ2) is 5.85. The first kappa shape index (κ1) is 13.6. The Morgan fingerprint density at radius 1 is 1.50 bits per heavy atom. The van der Waals surface area contributed by atoms with Gasteiger partial charge in [-0.25, -0.2) is 0 Å². The van der Waals surface area contributed by atoms with Crippen LogP contribution in [0.3, 0.4) is 0 Å². The summed E-state index contributed by atoms with van der Waals surface area (Å²) in [7, 11) is 0. The minimum atomic E-state index is 0.0772. The maximum Gasteiger partial charge on any atom is 0.227 e. The normalized spacial score (nSPS) is 23.1. The lowest BCUT2D eigenvalue weighted by atomic mass is 9.95. The highest BCUT2D eigenvalue weighted by molar-refractivity contribution is 9.10. The van der Waals surface area contributed by atoms with Crippen LogP contribution in [0.2, 0.25) is 0 Å². The fourth-order valence-electron chi connectivity index (χ4n) is 2.62. The van der Waals surface area contributed by atoms with Gasteiger partial charge < -0.3 is 11.1 Å². The predicted molar refractivity (Wildman–Crippen MR) is 77.4 cm³/mol. The molecule has 1 saturated carbocycles. The van der Waals surface area contributed by atoms with Gasteiger partial charge in [-0.3, -0.25) is 4.79 Å². The zero-order valence-corrected chi connectivity index (χ0v) is 12.2. The summed E-state index contributed by atoms with van der Waals surface area (Å²) in [6, 6.07) is 5.91. The number of amides is 1. The van der Waals surface area contributed by atoms with Crippen LogP contribution in [-0.2, 0) is 4.79 Å². The number of benzene rings is 1. The van der Waals surface area contributed by atoms with Crippen LogP contribution in [0.15, 0.2) is 22.7 Å². The summed E-state index contributed by atoms with van der Waals surface area (Å²) in [5.74, 6) is 0.537. The van der Waals surface area contributed by atoms with Gasteiger partial charge in [-0.05, 0) is 49.9 Å². The molecule has 0 heterocycles. The first-order valence-electron chi connectivity index (χ1n) is 6.39. The van der Waals surface area contributed by atoms with Gasteiger partial charge in [0.25, 0.3) is 0 Å². The monoisotopic (exact) mass is 310 g/mol. The van der Waals surface area contributed by atoms with E-state index >= 15 is 0 Å². The van der Waals surface area contributed by atoms with Crippen LogP contribution in [-0.4, -0.2) is 12.5 Å². The molecule has 3 N–H and O–H groups in total. The van der Waals surface area contributed by atoms with Gasteiger partial charge in [-0.1, -0.05) is 28.4 Å². The maximum absolute atomic E-state index is 12.3. The van der Waals surface area contributed by atoms with E-state index in [0.29, 0.717) is 12.5 Å². The van der Waals surface area contributed by atoms with Crippen molar-refractivity contribution < 1.29 is 4.79 Å². The third kappa shape index (κ3) is 2.93. The zero-order chi connectivity index (χ0) is 13.1. The smallest absolute Gasteiger partial charge is 0.227 e. The number of halogens is 1. The number of anilines is 1. The van der Waals surface area contributed by atoms with E-state index in [-0.39, 0.29) is 11.8 Å². The van der Waals surface area contributed by atoms with E-state index in [9.17, 15) is 4.79 Å². The quantitative estimate of drug-likeness (QED) is 0.901. The van der Waals surface area contributed by atoms with E-state index in [0.717, 1.165) is 35.0 Å². The Balaban J connectivity index is 2.09. The average molecular weight is 311 g/mol. The molecule has 1 aromatic carbocycles. The van der Waals surface area contributed by atoms with Crippen molar-refractivity contribution in [1.29, 1.82) is 0 Å². The first-order chi connectivity index (χ1) is 8.61. The Hall–Kier alpha value is -0.870. The van der Waals surface area contributed by atoms with Gasteiger partial charge in [0.2, 0.25) is 5.91 Å². The molecule has 3 nitrogen and oxygen atoms in total. The van der Waals surface area contributed by atoms with Gasteiger partial charge in [-0.2, -0.15) is 0 Å². The van der Waals surface area contributed by atoms with E-state index < -0.39 is 0 Å². The summed E-state index contributed by atoms with van der Waals surface area (Å²) in [6.45, 7) is 2.60. The molecule has 0 unspecified atom stereocenters. The Labute approximate surface area is 116 Å². The van der Waals surface area contributed by atoms with Crippen LogP contribution in [0.4, 0.5) is 5.69 Å². The van der Waals surface area contributed by atoms with Crippen molar-refractivity contribution in [3.05, 3.63) is 28.2 Å². The van der Waals surface area contributed by atoms with Crippen molar-refractivity contribution in [2.45, 2.75) is 26.2 Å². The Bertz CT molecular complexity index is 447. The van der Waals surface area contributed by atoms with Crippen molar-refractivity contribution in [2.75, 3.05) is 11.9 Å². The largest absolute Gasteiger partial charge is 0.330 e. The molecule has 0 spiro atoms. The van der Waals surface area contributed by atoms with E-state index in [1.165, 1.54) is 0 Å². The van der Waals surface area contributed by atoms with Crippen LogP contribution in [0.5, 0.6) is 0 Å². The molecule has 1 fully saturated rings. The summed E-state index contributed by atoms with van der Waals surface area (Å²) in [4.78, 5) is 12.3. The lowest BCUT2D eigenvalue weighted by Crippen LogP contribution is -2.29. The first-order valence-corrected chi connectivity index (χ1v) is 7.18. The molecular formula is C14H19BrN2O. The highest BCUT2D eigenvalue weighted by Gasteiger charge is 2.31. The SMILES string of the molecule is Cc1ccc(Br)cc1NC(=O)[C@@H]1CCC[C@@H]1CN. The second-order valence-electron chi connectivity index (χ2n) is 4.98. The molecule has 0 bridgehead atoms. The van der Waals surface area contributed by atoms with Gasteiger partial charge >= 0.3 is 0 Å². The van der Waals surface area contributed by atoms with Crippen molar-refractivity contribution >= 4 is 27.5 Å². The second-order valence-corrected chi connectivity index (χ2v) is 5.90. The highest BCUT2D eigenvalue weighted by Crippen LogP contribution is 2.32. The minimum absolute atomic E-state index is 0.0772. The molecule has 0 saturated heterocycles. The van der Waals surface area contributed by atoms with Crippen LogP contribution in [0.1, 0.15) is 24.8 Å². The Morgan fingerprint density at radius 3 is 3.00 bits per heavy atom.